The van der Waals surface area contributed by atoms with Crippen LogP contribution in [0.3, 0.4) is 0 Å². The topological polar surface area (TPSA) is 48.5 Å². The first-order chi connectivity index (χ1) is 8.15. The lowest BCUT2D eigenvalue weighted by Crippen LogP contribution is -2.48. The molecule has 1 N–H and O–H groups in total. The summed E-state index contributed by atoms with van der Waals surface area (Å²) in [6, 6.07) is 3.29. The van der Waals surface area contributed by atoms with Gasteiger partial charge in [0.2, 0.25) is 0 Å². The molecule has 0 atom stereocenters. The number of piperazine rings is 1. The van der Waals surface area contributed by atoms with Crippen LogP contribution in [0, 0.1) is 0 Å². The largest absolute Gasteiger partial charge is 0.323 e. The Labute approximate surface area is 105 Å². The lowest BCUT2D eigenvalue weighted by molar-refractivity contribution is 0.164. The zero-order valence-corrected chi connectivity index (χ0v) is 10.4. The van der Waals surface area contributed by atoms with Crippen LogP contribution in [-0.4, -0.2) is 54.0 Å². The highest BCUT2D eigenvalue weighted by molar-refractivity contribution is 6.30. The van der Waals surface area contributed by atoms with Gasteiger partial charge in [-0.05, 0) is 19.2 Å². The van der Waals surface area contributed by atoms with E-state index in [9.17, 15) is 4.79 Å². The molecule has 6 heteroatoms. The number of halogens is 1. The number of nitrogens with zero attached hydrogens (tertiary/aromatic N) is 3. The van der Waals surface area contributed by atoms with E-state index in [2.05, 4.69) is 22.2 Å². The van der Waals surface area contributed by atoms with Gasteiger partial charge in [0.25, 0.3) is 0 Å². The van der Waals surface area contributed by atoms with Gasteiger partial charge in [-0.15, -0.1) is 0 Å². The van der Waals surface area contributed by atoms with E-state index in [1.807, 2.05) is 0 Å². The quantitative estimate of drug-likeness (QED) is 0.827. The maximum Gasteiger partial charge on any atom is 0.323 e. The fraction of sp³-hybridized carbons (Fsp3) is 0.455. The number of carbonyl (C=O) groups is 1. The third-order valence-corrected chi connectivity index (χ3v) is 2.98. The summed E-state index contributed by atoms with van der Waals surface area (Å²) in [4.78, 5) is 19.9. The summed E-state index contributed by atoms with van der Waals surface area (Å²) in [6.45, 7) is 3.30. The number of pyridine rings is 1. The van der Waals surface area contributed by atoms with E-state index < -0.39 is 0 Å². The Hall–Kier alpha value is -1.33. The summed E-state index contributed by atoms with van der Waals surface area (Å²) in [5.74, 6) is 0.526. The molecule has 0 saturated carbocycles. The summed E-state index contributed by atoms with van der Waals surface area (Å²) < 4.78 is 0. The average molecular weight is 255 g/mol. The van der Waals surface area contributed by atoms with Gasteiger partial charge in [0.05, 0.1) is 5.02 Å². The standard InChI is InChI=1S/C11H15ClN4O/c1-15-4-6-16(7-5-15)11(17)14-10-3-2-9(12)8-13-10/h2-3,8H,4-7H2,1H3,(H,13,14,17). The minimum Gasteiger partial charge on any atom is -0.322 e. The van der Waals surface area contributed by atoms with Crippen molar-refractivity contribution in [2.75, 3.05) is 38.5 Å². The number of nitrogens with one attached hydrogen (secondary N) is 1. The van der Waals surface area contributed by atoms with E-state index in [-0.39, 0.29) is 6.03 Å². The SMILES string of the molecule is CN1CCN(C(=O)Nc2ccc(Cl)cn2)CC1. The number of urea groups is 1. The normalized spacial score (nSPS) is 16.9. The summed E-state index contributed by atoms with van der Waals surface area (Å²) >= 11 is 5.72. The van der Waals surface area contributed by atoms with Crippen molar-refractivity contribution < 1.29 is 4.79 Å². The zero-order chi connectivity index (χ0) is 12.3. The maximum absolute atomic E-state index is 11.9. The Kier molecular flexibility index (Phi) is 3.81. The second-order valence-electron chi connectivity index (χ2n) is 4.08. The molecule has 0 bridgehead atoms. The van der Waals surface area contributed by atoms with Crippen molar-refractivity contribution in [1.29, 1.82) is 0 Å². The van der Waals surface area contributed by atoms with Crippen LogP contribution < -0.4 is 5.32 Å². The second-order valence-corrected chi connectivity index (χ2v) is 4.52. The first kappa shape index (κ1) is 12.1. The van der Waals surface area contributed by atoms with Crippen LogP contribution in [-0.2, 0) is 0 Å². The number of amides is 2. The predicted octanol–water partition coefficient (Wildman–Crippen LogP) is 1.51. The lowest BCUT2D eigenvalue weighted by Gasteiger charge is -2.32. The number of hydrogen-bond acceptors (Lipinski definition) is 3. The highest BCUT2D eigenvalue weighted by Crippen LogP contribution is 2.10. The molecular formula is C11H15ClN4O. The Balaban J connectivity index is 1.90. The van der Waals surface area contributed by atoms with Gasteiger partial charge in [0.15, 0.2) is 0 Å². The molecule has 2 heterocycles. The number of rotatable bonds is 1. The van der Waals surface area contributed by atoms with Crippen molar-refractivity contribution in [3.8, 4) is 0 Å². The number of carbonyl (C=O) groups excluding carboxylic acids is 1. The molecule has 2 amide bonds. The smallest absolute Gasteiger partial charge is 0.322 e. The van der Waals surface area contributed by atoms with Gasteiger partial charge in [-0.25, -0.2) is 9.78 Å². The molecular weight excluding hydrogens is 240 g/mol. The Morgan fingerprint density at radius 3 is 2.65 bits per heavy atom. The third-order valence-electron chi connectivity index (χ3n) is 2.75. The van der Waals surface area contributed by atoms with E-state index in [0.29, 0.717) is 10.8 Å². The van der Waals surface area contributed by atoms with Gasteiger partial charge in [-0.2, -0.15) is 0 Å². The first-order valence-corrected chi connectivity index (χ1v) is 5.89. The summed E-state index contributed by atoms with van der Waals surface area (Å²) in [5, 5.41) is 3.31. The second kappa shape index (κ2) is 5.33. The highest BCUT2D eigenvalue weighted by Gasteiger charge is 2.18. The molecule has 1 aromatic rings. The molecule has 1 aliphatic heterocycles. The van der Waals surface area contributed by atoms with Crippen molar-refractivity contribution in [3.63, 3.8) is 0 Å². The van der Waals surface area contributed by atoms with Crippen molar-refractivity contribution in [2.24, 2.45) is 0 Å². The number of aromatic nitrogens is 1. The fourth-order valence-corrected chi connectivity index (χ4v) is 1.76. The number of likely N-dealkylation sites (N-methyl/N-ethyl adjacent to an activating group) is 1. The summed E-state index contributed by atoms with van der Waals surface area (Å²) in [7, 11) is 2.05. The van der Waals surface area contributed by atoms with E-state index in [1.165, 1.54) is 6.20 Å². The number of hydrogen-bond donors (Lipinski definition) is 1. The molecule has 1 aromatic heterocycles. The van der Waals surface area contributed by atoms with E-state index in [4.69, 9.17) is 11.6 Å². The summed E-state index contributed by atoms with van der Waals surface area (Å²) in [6.07, 6.45) is 1.52. The Bertz CT molecular complexity index is 387. The average Bonchev–Trinajstić information content (AvgIpc) is 2.33. The highest BCUT2D eigenvalue weighted by atomic mass is 35.5. The Morgan fingerprint density at radius 1 is 1.35 bits per heavy atom. The van der Waals surface area contributed by atoms with Gasteiger partial charge in [0.1, 0.15) is 5.82 Å². The lowest BCUT2D eigenvalue weighted by atomic mass is 10.3. The van der Waals surface area contributed by atoms with Crippen LogP contribution in [0.25, 0.3) is 0 Å². The first-order valence-electron chi connectivity index (χ1n) is 5.51. The minimum atomic E-state index is -0.104. The van der Waals surface area contributed by atoms with E-state index in [0.717, 1.165) is 26.2 Å². The molecule has 1 saturated heterocycles. The van der Waals surface area contributed by atoms with Gasteiger partial charge in [0, 0.05) is 32.4 Å². The van der Waals surface area contributed by atoms with Gasteiger partial charge < -0.3 is 9.80 Å². The Morgan fingerprint density at radius 2 is 2.06 bits per heavy atom. The van der Waals surface area contributed by atoms with Crippen LogP contribution in [0.5, 0.6) is 0 Å². The molecule has 0 spiro atoms. The molecule has 0 radical (unpaired) electrons. The van der Waals surface area contributed by atoms with Crippen molar-refractivity contribution >= 4 is 23.4 Å². The van der Waals surface area contributed by atoms with Crippen molar-refractivity contribution in [1.82, 2.24) is 14.8 Å². The predicted molar refractivity (Wildman–Crippen MR) is 67.3 cm³/mol. The van der Waals surface area contributed by atoms with Crippen LogP contribution in [0.15, 0.2) is 18.3 Å². The molecule has 17 heavy (non-hydrogen) atoms. The van der Waals surface area contributed by atoms with Crippen LogP contribution in [0.1, 0.15) is 0 Å². The monoisotopic (exact) mass is 254 g/mol. The molecule has 0 aliphatic carbocycles. The van der Waals surface area contributed by atoms with E-state index >= 15 is 0 Å². The molecule has 1 fully saturated rings. The number of anilines is 1. The molecule has 0 unspecified atom stereocenters. The summed E-state index contributed by atoms with van der Waals surface area (Å²) in [5.41, 5.74) is 0. The fourth-order valence-electron chi connectivity index (χ4n) is 1.65. The molecule has 2 rings (SSSR count). The van der Waals surface area contributed by atoms with Gasteiger partial charge in [-0.1, -0.05) is 11.6 Å². The minimum absolute atomic E-state index is 0.104. The van der Waals surface area contributed by atoms with Crippen LogP contribution in [0.4, 0.5) is 10.6 Å². The van der Waals surface area contributed by atoms with Crippen molar-refractivity contribution in [2.45, 2.75) is 0 Å². The zero-order valence-electron chi connectivity index (χ0n) is 9.69. The molecule has 92 valence electrons. The van der Waals surface area contributed by atoms with Crippen LogP contribution >= 0.6 is 11.6 Å². The van der Waals surface area contributed by atoms with Gasteiger partial charge in [-0.3, -0.25) is 5.32 Å². The molecule has 5 nitrogen and oxygen atoms in total. The molecule has 0 aromatic carbocycles. The maximum atomic E-state index is 11.9. The van der Waals surface area contributed by atoms with Crippen molar-refractivity contribution in [3.05, 3.63) is 23.4 Å². The van der Waals surface area contributed by atoms with Gasteiger partial charge >= 0.3 is 6.03 Å². The third kappa shape index (κ3) is 3.31. The van der Waals surface area contributed by atoms with Crippen LogP contribution in [0.2, 0.25) is 5.02 Å². The molecule has 1 aliphatic rings. The van der Waals surface area contributed by atoms with E-state index in [1.54, 1.807) is 17.0 Å².